The van der Waals surface area contributed by atoms with Crippen LogP contribution in [0.2, 0.25) is 0 Å². The Hall–Kier alpha value is -1.19. The van der Waals surface area contributed by atoms with Gasteiger partial charge in [0.25, 0.3) is 0 Å². The van der Waals surface area contributed by atoms with E-state index in [9.17, 15) is 0 Å². The van der Waals surface area contributed by atoms with Crippen molar-refractivity contribution in [3.8, 4) is 0 Å². The maximum absolute atomic E-state index is 3.34. The topological polar surface area (TPSA) is 17.0 Å². The molecule has 2 rings (SSSR count). The number of aryl methyl sites for hydroxylation is 1. The molecule has 1 unspecified atom stereocenters. The molecule has 1 aromatic heterocycles. The highest BCUT2D eigenvalue weighted by Crippen LogP contribution is 2.19. The van der Waals surface area contributed by atoms with Crippen LogP contribution in [0.25, 0.3) is 0 Å². The molecule has 19 heavy (non-hydrogen) atoms. The SMILES string of the molecule is CCC(NC)c1ccn(CCSc2ccccc2)c1. The molecule has 1 aromatic carbocycles. The third-order valence-electron chi connectivity index (χ3n) is 3.29. The summed E-state index contributed by atoms with van der Waals surface area (Å²) in [6, 6.07) is 13.3. The van der Waals surface area contributed by atoms with E-state index in [0.717, 1.165) is 18.7 Å². The van der Waals surface area contributed by atoms with Crippen molar-refractivity contribution in [2.75, 3.05) is 12.8 Å². The zero-order valence-electron chi connectivity index (χ0n) is 11.7. The first kappa shape index (κ1) is 14.2. The molecule has 2 nitrogen and oxygen atoms in total. The van der Waals surface area contributed by atoms with Gasteiger partial charge in [0.15, 0.2) is 0 Å². The highest BCUT2D eigenvalue weighted by molar-refractivity contribution is 7.99. The number of aromatic nitrogens is 1. The molecule has 0 saturated heterocycles. The molecule has 3 heteroatoms. The summed E-state index contributed by atoms with van der Waals surface area (Å²) in [4.78, 5) is 1.34. The van der Waals surface area contributed by atoms with Gasteiger partial charge in [-0.25, -0.2) is 0 Å². The molecule has 0 bridgehead atoms. The van der Waals surface area contributed by atoms with Gasteiger partial charge in [0.05, 0.1) is 0 Å². The van der Waals surface area contributed by atoms with Crippen LogP contribution in [0.5, 0.6) is 0 Å². The molecule has 1 heterocycles. The lowest BCUT2D eigenvalue weighted by atomic mass is 10.1. The maximum atomic E-state index is 3.34. The Morgan fingerprint density at radius 2 is 2.00 bits per heavy atom. The Bertz CT molecular complexity index is 475. The molecule has 2 aromatic rings. The van der Waals surface area contributed by atoms with Crippen molar-refractivity contribution in [1.82, 2.24) is 9.88 Å². The summed E-state index contributed by atoms with van der Waals surface area (Å²) in [6.45, 7) is 3.27. The molecule has 1 N–H and O–H groups in total. The smallest absolute Gasteiger partial charge is 0.0329 e. The van der Waals surface area contributed by atoms with Crippen LogP contribution in [0.1, 0.15) is 24.9 Å². The summed E-state index contributed by atoms with van der Waals surface area (Å²) in [7, 11) is 2.02. The Morgan fingerprint density at radius 3 is 2.68 bits per heavy atom. The van der Waals surface area contributed by atoms with Crippen molar-refractivity contribution in [3.63, 3.8) is 0 Å². The van der Waals surface area contributed by atoms with Crippen LogP contribution in [0.4, 0.5) is 0 Å². The van der Waals surface area contributed by atoms with Gasteiger partial charge in [0.2, 0.25) is 0 Å². The van der Waals surface area contributed by atoms with Crippen LogP contribution in [-0.2, 0) is 6.54 Å². The largest absolute Gasteiger partial charge is 0.353 e. The summed E-state index contributed by atoms with van der Waals surface area (Å²) in [5.74, 6) is 1.11. The number of thioether (sulfide) groups is 1. The molecule has 102 valence electrons. The maximum Gasteiger partial charge on any atom is 0.0329 e. The Balaban J connectivity index is 1.83. The van der Waals surface area contributed by atoms with Crippen LogP contribution < -0.4 is 5.32 Å². The van der Waals surface area contributed by atoms with Crippen LogP contribution >= 0.6 is 11.8 Å². The second-order valence-corrected chi connectivity index (χ2v) is 5.76. The minimum Gasteiger partial charge on any atom is -0.353 e. The number of benzene rings is 1. The Morgan fingerprint density at radius 1 is 1.21 bits per heavy atom. The van der Waals surface area contributed by atoms with E-state index in [1.165, 1.54) is 10.5 Å². The zero-order valence-corrected chi connectivity index (χ0v) is 12.5. The number of hydrogen-bond donors (Lipinski definition) is 1. The third-order valence-corrected chi connectivity index (χ3v) is 4.29. The normalized spacial score (nSPS) is 12.5. The first-order valence-electron chi connectivity index (χ1n) is 6.84. The van der Waals surface area contributed by atoms with Crippen molar-refractivity contribution in [3.05, 3.63) is 54.4 Å². The van der Waals surface area contributed by atoms with E-state index in [4.69, 9.17) is 0 Å². The van der Waals surface area contributed by atoms with Crippen molar-refractivity contribution in [2.24, 2.45) is 0 Å². The monoisotopic (exact) mass is 274 g/mol. The summed E-state index contributed by atoms with van der Waals surface area (Å²) in [5.41, 5.74) is 1.38. The van der Waals surface area contributed by atoms with E-state index in [1.54, 1.807) is 0 Å². The zero-order chi connectivity index (χ0) is 13.5. The van der Waals surface area contributed by atoms with Gasteiger partial charge in [0, 0.05) is 35.6 Å². The lowest BCUT2D eigenvalue weighted by Gasteiger charge is -2.11. The third kappa shape index (κ3) is 4.15. The number of nitrogens with one attached hydrogen (secondary N) is 1. The summed E-state index contributed by atoms with van der Waals surface area (Å²) < 4.78 is 2.28. The average Bonchev–Trinajstić information content (AvgIpc) is 2.90. The molecule has 1 atom stereocenters. The van der Waals surface area contributed by atoms with Gasteiger partial charge in [-0.2, -0.15) is 0 Å². The number of hydrogen-bond acceptors (Lipinski definition) is 2. The Kier molecular flexibility index (Phi) is 5.55. The van der Waals surface area contributed by atoms with Crippen molar-refractivity contribution in [2.45, 2.75) is 30.8 Å². The molecule has 0 spiro atoms. The number of nitrogens with zero attached hydrogens (tertiary/aromatic N) is 1. The minimum atomic E-state index is 0.475. The van der Waals surface area contributed by atoms with Gasteiger partial charge in [-0.1, -0.05) is 25.1 Å². The molecular formula is C16H22N2S. The first-order valence-corrected chi connectivity index (χ1v) is 7.83. The molecule has 0 aliphatic carbocycles. The molecular weight excluding hydrogens is 252 g/mol. The predicted molar refractivity (Wildman–Crippen MR) is 83.7 cm³/mol. The fraction of sp³-hybridized carbons (Fsp3) is 0.375. The quantitative estimate of drug-likeness (QED) is 0.770. The molecule has 0 aliphatic heterocycles. The standard InChI is InChI=1S/C16H22N2S/c1-3-16(17-2)14-9-10-18(13-14)11-12-19-15-7-5-4-6-8-15/h4-10,13,16-17H,3,11-12H2,1-2H3. The second kappa shape index (κ2) is 7.41. The highest BCUT2D eigenvalue weighted by Gasteiger charge is 2.07. The van der Waals surface area contributed by atoms with E-state index >= 15 is 0 Å². The lowest BCUT2D eigenvalue weighted by Crippen LogP contribution is -2.14. The second-order valence-electron chi connectivity index (χ2n) is 4.59. The van der Waals surface area contributed by atoms with Crippen LogP contribution in [-0.4, -0.2) is 17.4 Å². The first-order chi connectivity index (χ1) is 9.33. The average molecular weight is 274 g/mol. The summed E-state index contributed by atoms with van der Waals surface area (Å²) >= 11 is 1.91. The molecule has 0 amide bonds. The van der Waals surface area contributed by atoms with E-state index in [0.29, 0.717) is 6.04 Å². The van der Waals surface area contributed by atoms with Gasteiger partial charge in [-0.15, -0.1) is 11.8 Å². The lowest BCUT2D eigenvalue weighted by molar-refractivity contribution is 0.575. The Labute approximate surface area is 120 Å². The van der Waals surface area contributed by atoms with Gasteiger partial charge in [-0.3, -0.25) is 0 Å². The van der Waals surface area contributed by atoms with Crippen molar-refractivity contribution < 1.29 is 0 Å². The van der Waals surface area contributed by atoms with Crippen LogP contribution in [0.3, 0.4) is 0 Å². The van der Waals surface area contributed by atoms with E-state index < -0.39 is 0 Å². The molecule has 0 radical (unpaired) electrons. The highest BCUT2D eigenvalue weighted by atomic mass is 32.2. The van der Waals surface area contributed by atoms with Gasteiger partial charge in [0.1, 0.15) is 0 Å². The summed E-state index contributed by atoms with van der Waals surface area (Å²) in [6.07, 6.45) is 5.57. The molecule has 0 aliphatic rings. The fourth-order valence-corrected chi connectivity index (χ4v) is 3.08. The van der Waals surface area contributed by atoms with E-state index in [2.05, 4.69) is 65.6 Å². The van der Waals surface area contributed by atoms with E-state index in [1.807, 2.05) is 18.8 Å². The van der Waals surface area contributed by atoms with Gasteiger partial charge in [-0.05, 0) is 37.2 Å². The van der Waals surface area contributed by atoms with Gasteiger partial charge >= 0.3 is 0 Å². The van der Waals surface area contributed by atoms with E-state index in [-0.39, 0.29) is 0 Å². The minimum absolute atomic E-state index is 0.475. The predicted octanol–water partition coefficient (Wildman–Crippen LogP) is 3.95. The van der Waals surface area contributed by atoms with Crippen molar-refractivity contribution >= 4 is 11.8 Å². The molecule has 0 saturated carbocycles. The summed E-state index contributed by atoms with van der Waals surface area (Å²) in [5, 5.41) is 3.34. The van der Waals surface area contributed by atoms with Crippen LogP contribution in [0, 0.1) is 0 Å². The van der Waals surface area contributed by atoms with Crippen molar-refractivity contribution in [1.29, 1.82) is 0 Å². The molecule has 0 fully saturated rings. The number of rotatable bonds is 7. The van der Waals surface area contributed by atoms with Gasteiger partial charge < -0.3 is 9.88 Å². The van der Waals surface area contributed by atoms with Crippen LogP contribution in [0.15, 0.2) is 53.7 Å². The fourth-order valence-electron chi connectivity index (χ4n) is 2.20.